The molecule has 4 heterocycles. The van der Waals surface area contributed by atoms with E-state index < -0.39 is 0 Å². The van der Waals surface area contributed by atoms with Crippen LogP contribution in [-0.2, 0) is 18.5 Å². The molecule has 1 saturated carbocycles. The maximum absolute atomic E-state index is 13.2. The molecule has 0 radical (unpaired) electrons. The van der Waals surface area contributed by atoms with E-state index in [2.05, 4.69) is 15.1 Å². The maximum Gasteiger partial charge on any atom is 0.275 e. The van der Waals surface area contributed by atoms with Crippen LogP contribution in [0, 0.1) is 6.92 Å². The molecule has 6 rings (SSSR count). The molecule has 0 unspecified atom stereocenters. The number of benzene rings is 1. The lowest BCUT2D eigenvalue weighted by atomic mass is 9.64. The van der Waals surface area contributed by atoms with Crippen molar-refractivity contribution in [2.45, 2.75) is 44.7 Å². The highest BCUT2D eigenvalue weighted by atomic mass is 35.5. The molecule has 3 aromatic heterocycles. The molecule has 2 aliphatic rings. The number of rotatable bonds is 5. The standard InChI is InChI=1S/C25H23ClN6O3/c1-16-13-31(15-27-16)19-7-8-20-22(33)30(11-12-32(20)23(19)34)14-21-28-24(29-35-21)25(9-2-10-25)17-3-5-18(26)6-4-17/h3-8,13,15H,2,9-12,14H2,1H3. The van der Waals surface area contributed by atoms with Gasteiger partial charge in [-0.15, -0.1) is 0 Å². The quantitative estimate of drug-likeness (QED) is 0.424. The maximum atomic E-state index is 13.2. The van der Waals surface area contributed by atoms with Crippen molar-refractivity contribution in [1.82, 2.24) is 29.2 Å². The highest BCUT2D eigenvalue weighted by Gasteiger charge is 2.44. The van der Waals surface area contributed by atoms with Crippen molar-refractivity contribution in [1.29, 1.82) is 0 Å². The van der Waals surface area contributed by atoms with E-state index >= 15 is 0 Å². The summed E-state index contributed by atoms with van der Waals surface area (Å²) in [6.07, 6.45) is 6.34. The number of carbonyl (C=O) groups excluding carboxylic acids is 1. The zero-order chi connectivity index (χ0) is 24.2. The Labute approximate surface area is 206 Å². The summed E-state index contributed by atoms with van der Waals surface area (Å²) in [4.78, 5) is 36.7. The molecule has 0 atom stereocenters. The van der Waals surface area contributed by atoms with Gasteiger partial charge in [-0.1, -0.05) is 35.3 Å². The number of hydrogen-bond acceptors (Lipinski definition) is 6. The molecule has 178 valence electrons. The Morgan fingerprint density at radius 3 is 2.57 bits per heavy atom. The fraction of sp³-hybridized carbons (Fsp3) is 0.320. The normalized spacial score (nSPS) is 16.7. The van der Waals surface area contributed by atoms with E-state index in [0.717, 1.165) is 30.5 Å². The Hall–Kier alpha value is -3.72. The van der Waals surface area contributed by atoms with Crippen molar-refractivity contribution >= 4 is 17.5 Å². The van der Waals surface area contributed by atoms with Gasteiger partial charge < -0.3 is 18.6 Å². The zero-order valence-electron chi connectivity index (χ0n) is 19.1. The first-order valence-corrected chi connectivity index (χ1v) is 12.0. The molecule has 1 amide bonds. The summed E-state index contributed by atoms with van der Waals surface area (Å²) in [6, 6.07) is 11.1. The van der Waals surface area contributed by atoms with Gasteiger partial charge in [-0.25, -0.2) is 4.98 Å². The third-order valence-electron chi connectivity index (χ3n) is 7.07. The van der Waals surface area contributed by atoms with Crippen LogP contribution in [0.1, 0.15) is 52.7 Å². The smallest absolute Gasteiger partial charge is 0.275 e. The third kappa shape index (κ3) is 3.58. The van der Waals surface area contributed by atoms with Crippen LogP contribution in [0.4, 0.5) is 0 Å². The Morgan fingerprint density at radius 2 is 1.89 bits per heavy atom. The predicted octanol–water partition coefficient (Wildman–Crippen LogP) is 3.50. The summed E-state index contributed by atoms with van der Waals surface area (Å²) in [5, 5.41) is 4.97. The van der Waals surface area contributed by atoms with Gasteiger partial charge in [0.15, 0.2) is 5.82 Å². The molecule has 0 bridgehead atoms. The molecule has 1 aliphatic heterocycles. The number of aryl methyl sites for hydroxylation is 1. The van der Waals surface area contributed by atoms with Gasteiger partial charge >= 0.3 is 0 Å². The summed E-state index contributed by atoms with van der Waals surface area (Å²) in [6.45, 7) is 2.81. The van der Waals surface area contributed by atoms with Crippen LogP contribution in [-0.4, -0.2) is 41.6 Å². The first-order valence-electron chi connectivity index (χ1n) is 11.6. The van der Waals surface area contributed by atoms with Crippen molar-refractivity contribution in [2.24, 2.45) is 0 Å². The Bertz CT molecular complexity index is 1480. The minimum atomic E-state index is -0.278. The molecule has 1 aromatic carbocycles. The van der Waals surface area contributed by atoms with Gasteiger partial charge in [0.25, 0.3) is 11.5 Å². The number of fused-ring (bicyclic) bond motifs is 1. The topological polar surface area (TPSA) is 99.0 Å². The number of aromatic nitrogens is 5. The van der Waals surface area contributed by atoms with E-state index in [4.69, 9.17) is 16.1 Å². The number of carbonyl (C=O) groups is 1. The lowest BCUT2D eigenvalue weighted by molar-refractivity contribution is 0.0666. The molecule has 0 saturated heterocycles. The summed E-state index contributed by atoms with van der Waals surface area (Å²) >= 11 is 6.07. The highest BCUT2D eigenvalue weighted by molar-refractivity contribution is 6.30. The van der Waals surface area contributed by atoms with Crippen LogP contribution in [0.5, 0.6) is 0 Å². The van der Waals surface area contributed by atoms with Crippen LogP contribution < -0.4 is 5.56 Å². The summed E-state index contributed by atoms with van der Waals surface area (Å²) < 4.78 is 8.77. The van der Waals surface area contributed by atoms with E-state index in [1.807, 2.05) is 31.2 Å². The molecule has 4 aromatic rings. The van der Waals surface area contributed by atoms with Crippen molar-refractivity contribution in [3.8, 4) is 5.69 Å². The fourth-order valence-electron chi connectivity index (χ4n) is 4.98. The molecule has 9 nitrogen and oxygen atoms in total. The number of imidazole rings is 1. The number of halogens is 1. The Kier molecular flexibility index (Phi) is 5.10. The SMILES string of the molecule is Cc1cn(-c2ccc3n(c2=O)CCN(Cc2nc(C4(c5ccc(Cl)cc5)CCC4)no2)C3=O)cn1. The van der Waals surface area contributed by atoms with Crippen molar-refractivity contribution in [3.05, 3.63) is 93.0 Å². The molecule has 1 aliphatic carbocycles. The highest BCUT2D eigenvalue weighted by Crippen LogP contribution is 2.48. The van der Waals surface area contributed by atoms with Crippen LogP contribution in [0.25, 0.3) is 5.69 Å². The van der Waals surface area contributed by atoms with E-state index in [0.29, 0.717) is 41.2 Å². The molecular weight excluding hydrogens is 468 g/mol. The van der Waals surface area contributed by atoms with Gasteiger partial charge in [0.1, 0.15) is 17.9 Å². The summed E-state index contributed by atoms with van der Waals surface area (Å²) in [7, 11) is 0. The molecule has 10 heteroatoms. The number of pyridine rings is 1. The molecule has 0 spiro atoms. The molecule has 0 N–H and O–H groups in total. The first kappa shape index (κ1) is 21.8. The van der Waals surface area contributed by atoms with Gasteiger partial charge in [-0.2, -0.15) is 4.98 Å². The van der Waals surface area contributed by atoms with Gasteiger partial charge in [0.2, 0.25) is 5.89 Å². The lowest BCUT2D eigenvalue weighted by Crippen LogP contribution is -2.44. The lowest BCUT2D eigenvalue weighted by Gasteiger charge is -2.39. The van der Waals surface area contributed by atoms with Crippen LogP contribution in [0.2, 0.25) is 5.02 Å². The summed E-state index contributed by atoms with van der Waals surface area (Å²) in [5.41, 5.74) is 2.24. The average molecular weight is 491 g/mol. The van der Waals surface area contributed by atoms with Gasteiger partial charge in [-0.3, -0.25) is 9.59 Å². The number of amides is 1. The van der Waals surface area contributed by atoms with E-state index in [1.165, 1.54) is 4.57 Å². The number of nitrogens with zero attached hydrogens (tertiary/aromatic N) is 6. The van der Waals surface area contributed by atoms with Crippen molar-refractivity contribution in [3.63, 3.8) is 0 Å². The predicted molar refractivity (Wildman–Crippen MR) is 128 cm³/mol. The second-order valence-electron chi connectivity index (χ2n) is 9.16. The Balaban J connectivity index is 1.23. The molecular formula is C25H23ClN6O3. The van der Waals surface area contributed by atoms with Gasteiger partial charge in [0, 0.05) is 24.3 Å². The van der Waals surface area contributed by atoms with Crippen LogP contribution in [0.3, 0.4) is 0 Å². The fourth-order valence-corrected chi connectivity index (χ4v) is 5.10. The molecule has 1 fully saturated rings. The average Bonchev–Trinajstić information content (AvgIpc) is 3.46. The summed E-state index contributed by atoms with van der Waals surface area (Å²) in [5.74, 6) is 0.787. The first-order chi connectivity index (χ1) is 16.9. The largest absolute Gasteiger partial charge is 0.337 e. The van der Waals surface area contributed by atoms with E-state index in [-0.39, 0.29) is 23.4 Å². The van der Waals surface area contributed by atoms with Gasteiger partial charge in [-0.05, 0) is 49.6 Å². The van der Waals surface area contributed by atoms with Crippen LogP contribution in [0.15, 0.2) is 58.2 Å². The van der Waals surface area contributed by atoms with E-state index in [9.17, 15) is 9.59 Å². The minimum absolute atomic E-state index is 0.194. The second-order valence-corrected chi connectivity index (χ2v) is 9.60. The van der Waals surface area contributed by atoms with Crippen LogP contribution >= 0.6 is 11.6 Å². The molecule has 35 heavy (non-hydrogen) atoms. The van der Waals surface area contributed by atoms with Crippen molar-refractivity contribution < 1.29 is 9.32 Å². The minimum Gasteiger partial charge on any atom is -0.337 e. The zero-order valence-corrected chi connectivity index (χ0v) is 19.9. The van der Waals surface area contributed by atoms with Gasteiger partial charge in [0.05, 0.1) is 17.4 Å². The van der Waals surface area contributed by atoms with E-state index in [1.54, 1.807) is 34.1 Å². The number of hydrogen-bond donors (Lipinski definition) is 0. The second kappa shape index (κ2) is 8.20. The monoisotopic (exact) mass is 490 g/mol. The third-order valence-corrected chi connectivity index (χ3v) is 7.32. The van der Waals surface area contributed by atoms with Crippen molar-refractivity contribution in [2.75, 3.05) is 6.54 Å². The Morgan fingerprint density at radius 1 is 1.09 bits per heavy atom.